The molecule has 0 saturated carbocycles. The Kier molecular flexibility index (Phi) is 5.96. The molecule has 0 aliphatic carbocycles. The fraction of sp³-hybridized carbons (Fsp3) is 0.385. The standard InChI is InChI=1S/C13H20/c1-6-13(12(4)5)10-8-7-9-11(2)3/h7-10H,4,6H2,1-3,5H3/b8-7+,13-10+. The summed E-state index contributed by atoms with van der Waals surface area (Å²) in [6, 6.07) is 0. The van der Waals surface area contributed by atoms with Gasteiger partial charge >= 0.3 is 0 Å². The van der Waals surface area contributed by atoms with E-state index >= 15 is 0 Å². The number of rotatable bonds is 4. The Balaban J connectivity index is 4.31. The minimum atomic E-state index is 1.05. The van der Waals surface area contributed by atoms with Gasteiger partial charge in [-0.3, -0.25) is 0 Å². The first kappa shape index (κ1) is 12.0. The van der Waals surface area contributed by atoms with Gasteiger partial charge in [-0.2, -0.15) is 0 Å². The topological polar surface area (TPSA) is 0 Å². The molecule has 0 N–H and O–H groups in total. The van der Waals surface area contributed by atoms with Gasteiger partial charge in [-0.1, -0.05) is 49.0 Å². The van der Waals surface area contributed by atoms with Crippen LogP contribution in [0.15, 0.2) is 47.6 Å². The highest BCUT2D eigenvalue weighted by Gasteiger charge is 1.90. The SMILES string of the molecule is C=C(C)/C(=C/C=C/C=C(C)C)CC. The molecular weight excluding hydrogens is 156 g/mol. The Morgan fingerprint density at radius 3 is 2.00 bits per heavy atom. The highest BCUT2D eigenvalue weighted by molar-refractivity contribution is 5.30. The lowest BCUT2D eigenvalue weighted by Gasteiger charge is -1.99. The monoisotopic (exact) mass is 176 g/mol. The molecule has 0 aliphatic rings. The van der Waals surface area contributed by atoms with Crippen molar-refractivity contribution in [3.63, 3.8) is 0 Å². The van der Waals surface area contributed by atoms with Crippen molar-refractivity contribution in [2.45, 2.75) is 34.1 Å². The van der Waals surface area contributed by atoms with Crippen LogP contribution in [0.3, 0.4) is 0 Å². The molecule has 0 nitrogen and oxygen atoms in total. The second-order valence-corrected chi connectivity index (χ2v) is 3.45. The summed E-state index contributed by atoms with van der Waals surface area (Å²) in [7, 11) is 0. The highest BCUT2D eigenvalue weighted by atomic mass is 14.0. The van der Waals surface area contributed by atoms with Gasteiger partial charge in [0.05, 0.1) is 0 Å². The first-order chi connectivity index (χ1) is 6.07. The van der Waals surface area contributed by atoms with Crippen LogP contribution in [-0.2, 0) is 0 Å². The van der Waals surface area contributed by atoms with E-state index in [0.717, 1.165) is 12.0 Å². The van der Waals surface area contributed by atoms with Crippen molar-refractivity contribution in [1.29, 1.82) is 0 Å². The Labute approximate surface area is 82.4 Å². The van der Waals surface area contributed by atoms with Crippen molar-refractivity contribution in [1.82, 2.24) is 0 Å². The molecule has 0 heteroatoms. The molecule has 0 aromatic carbocycles. The largest absolute Gasteiger partial charge is 0.0958 e. The quantitative estimate of drug-likeness (QED) is 0.556. The van der Waals surface area contributed by atoms with Crippen molar-refractivity contribution >= 4 is 0 Å². The van der Waals surface area contributed by atoms with Gasteiger partial charge in [0.2, 0.25) is 0 Å². The molecule has 13 heavy (non-hydrogen) atoms. The third kappa shape index (κ3) is 6.15. The molecule has 0 aliphatic heterocycles. The van der Waals surface area contributed by atoms with Crippen molar-refractivity contribution in [3.05, 3.63) is 47.6 Å². The summed E-state index contributed by atoms with van der Waals surface area (Å²) >= 11 is 0. The van der Waals surface area contributed by atoms with Crippen molar-refractivity contribution < 1.29 is 0 Å². The van der Waals surface area contributed by atoms with Gasteiger partial charge in [-0.05, 0) is 32.8 Å². The first-order valence-electron chi connectivity index (χ1n) is 4.74. The molecule has 0 rings (SSSR count). The summed E-state index contributed by atoms with van der Waals surface area (Å²) in [5, 5.41) is 0. The van der Waals surface area contributed by atoms with Gasteiger partial charge in [0.1, 0.15) is 0 Å². The molecular formula is C13H20. The number of allylic oxidation sites excluding steroid dienone is 7. The van der Waals surface area contributed by atoms with E-state index in [1.165, 1.54) is 11.1 Å². The lowest BCUT2D eigenvalue weighted by molar-refractivity contribution is 1.11. The fourth-order valence-electron chi connectivity index (χ4n) is 0.982. The second-order valence-electron chi connectivity index (χ2n) is 3.45. The van der Waals surface area contributed by atoms with Crippen molar-refractivity contribution in [3.8, 4) is 0 Å². The predicted molar refractivity (Wildman–Crippen MR) is 61.8 cm³/mol. The smallest absolute Gasteiger partial charge is 0.0305 e. The van der Waals surface area contributed by atoms with E-state index in [4.69, 9.17) is 0 Å². The van der Waals surface area contributed by atoms with Crippen LogP contribution in [0.5, 0.6) is 0 Å². The minimum absolute atomic E-state index is 1.05. The molecule has 0 heterocycles. The summed E-state index contributed by atoms with van der Waals surface area (Å²) in [4.78, 5) is 0. The second kappa shape index (κ2) is 6.47. The maximum atomic E-state index is 3.92. The maximum absolute atomic E-state index is 3.92. The van der Waals surface area contributed by atoms with Crippen LogP contribution in [-0.4, -0.2) is 0 Å². The van der Waals surface area contributed by atoms with E-state index in [1.54, 1.807) is 0 Å². The van der Waals surface area contributed by atoms with Gasteiger partial charge in [-0.25, -0.2) is 0 Å². The third-order valence-corrected chi connectivity index (χ3v) is 1.77. The lowest BCUT2D eigenvalue weighted by Crippen LogP contribution is -1.79. The summed E-state index contributed by atoms with van der Waals surface area (Å²) in [5.74, 6) is 0. The Morgan fingerprint density at radius 1 is 1.08 bits per heavy atom. The molecule has 0 unspecified atom stereocenters. The van der Waals surface area contributed by atoms with Crippen molar-refractivity contribution in [2.24, 2.45) is 0 Å². The zero-order valence-electron chi connectivity index (χ0n) is 9.22. The van der Waals surface area contributed by atoms with Crippen molar-refractivity contribution in [2.75, 3.05) is 0 Å². The molecule has 0 saturated heterocycles. The number of hydrogen-bond donors (Lipinski definition) is 0. The van der Waals surface area contributed by atoms with Gasteiger partial charge in [0.15, 0.2) is 0 Å². The molecule has 72 valence electrons. The van der Waals surface area contributed by atoms with Crippen LogP contribution in [0.2, 0.25) is 0 Å². The van der Waals surface area contributed by atoms with Gasteiger partial charge in [-0.15, -0.1) is 0 Å². The minimum Gasteiger partial charge on any atom is -0.0958 e. The van der Waals surface area contributed by atoms with Crippen LogP contribution < -0.4 is 0 Å². The molecule has 0 spiro atoms. The van der Waals surface area contributed by atoms with Crippen LogP contribution in [0, 0.1) is 0 Å². The van der Waals surface area contributed by atoms with E-state index in [2.05, 4.69) is 51.7 Å². The van der Waals surface area contributed by atoms with Gasteiger partial charge in [0, 0.05) is 0 Å². The Morgan fingerprint density at radius 2 is 1.62 bits per heavy atom. The van der Waals surface area contributed by atoms with E-state index in [1.807, 2.05) is 6.92 Å². The highest BCUT2D eigenvalue weighted by Crippen LogP contribution is 2.10. The van der Waals surface area contributed by atoms with Gasteiger partial charge < -0.3 is 0 Å². The molecule has 0 bridgehead atoms. The van der Waals surface area contributed by atoms with Crippen LogP contribution >= 0.6 is 0 Å². The molecule has 0 aromatic rings. The predicted octanol–water partition coefficient (Wildman–Crippen LogP) is 4.42. The lowest BCUT2D eigenvalue weighted by atomic mass is 10.1. The van der Waals surface area contributed by atoms with Crippen LogP contribution in [0.25, 0.3) is 0 Å². The van der Waals surface area contributed by atoms with E-state index in [9.17, 15) is 0 Å². The average Bonchev–Trinajstić information content (AvgIpc) is 2.03. The number of hydrogen-bond acceptors (Lipinski definition) is 0. The zero-order chi connectivity index (χ0) is 10.3. The Bertz CT molecular complexity index is 245. The molecule has 0 atom stereocenters. The summed E-state index contributed by atoms with van der Waals surface area (Å²) < 4.78 is 0. The Hall–Kier alpha value is -1.04. The van der Waals surface area contributed by atoms with E-state index in [-0.39, 0.29) is 0 Å². The molecule has 0 aromatic heterocycles. The molecule has 0 amide bonds. The summed E-state index contributed by atoms with van der Waals surface area (Å²) in [5.41, 5.74) is 3.79. The molecule has 0 radical (unpaired) electrons. The zero-order valence-corrected chi connectivity index (χ0v) is 9.22. The molecule has 0 fully saturated rings. The first-order valence-corrected chi connectivity index (χ1v) is 4.74. The maximum Gasteiger partial charge on any atom is -0.0305 e. The van der Waals surface area contributed by atoms with E-state index < -0.39 is 0 Å². The summed E-state index contributed by atoms with van der Waals surface area (Å²) in [6.07, 6.45) is 9.41. The van der Waals surface area contributed by atoms with Crippen LogP contribution in [0.4, 0.5) is 0 Å². The van der Waals surface area contributed by atoms with Gasteiger partial charge in [0.25, 0.3) is 0 Å². The average molecular weight is 176 g/mol. The normalized spacial score (nSPS) is 11.8. The fourth-order valence-corrected chi connectivity index (χ4v) is 0.982. The van der Waals surface area contributed by atoms with E-state index in [0.29, 0.717) is 0 Å². The van der Waals surface area contributed by atoms with Crippen LogP contribution in [0.1, 0.15) is 34.1 Å². The summed E-state index contributed by atoms with van der Waals surface area (Å²) in [6.45, 7) is 12.3. The third-order valence-electron chi connectivity index (χ3n) is 1.77.